The molecule has 4 heteroatoms. The monoisotopic (exact) mass is 301 g/mol. The number of benzene rings is 1. The van der Waals surface area contributed by atoms with Crippen LogP contribution in [0.4, 0.5) is 0 Å². The van der Waals surface area contributed by atoms with Crippen LogP contribution in [0, 0.1) is 14.9 Å². The minimum Gasteiger partial charge on any atom is -0.496 e. The Balaban J connectivity index is 3.44. The summed E-state index contributed by atoms with van der Waals surface area (Å²) in [5.74, 6) is 0.400. The van der Waals surface area contributed by atoms with Crippen molar-refractivity contribution in [1.29, 1.82) is 5.26 Å². The number of Topliss-reactive ketones (excluding diaryl/α,β-unsaturated/α-hetero) is 1. The van der Waals surface area contributed by atoms with Gasteiger partial charge < -0.3 is 4.74 Å². The number of halogens is 1. The van der Waals surface area contributed by atoms with Gasteiger partial charge in [-0.3, -0.25) is 4.79 Å². The summed E-state index contributed by atoms with van der Waals surface area (Å²) in [6.07, 6.45) is 0. The first kappa shape index (κ1) is 11.0. The number of ether oxygens (including phenoxy) is 1. The van der Waals surface area contributed by atoms with Gasteiger partial charge in [0, 0.05) is 3.57 Å². The molecule has 0 spiro atoms. The van der Waals surface area contributed by atoms with Gasteiger partial charge in [0.15, 0.2) is 5.78 Å². The molecular formula is C10H8INO2. The maximum absolute atomic E-state index is 11.3. The van der Waals surface area contributed by atoms with Crippen LogP contribution in [0.5, 0.6) is 5.75 Å². The normalized spacial score (nSPS) is 9.29. The van der Waals surface area contributed by atoms with E-state index in [0.29, 0.717) is 16.9 Å². The van der Waals surface area contributed by atoms with Crippen LogP contribution in [0.1, 0.15) is 22.8 Å². The highest BCUT2D eigenvalue weighted by atomic mass is 127. The number of carbonyl (C=O) groups is 1. The first-order valence-electron chi connectivity index (χ1n) is 3.88. The third-order valence-corrected chi connectivity index (χ3v) is 2.61. The minimum atomic E-state index is -0.0595. The number of rotatable bonds is 2. The van der Waals surface area contributed by atoms with E-state index in [4.69, 9.17) is 10.00 Å². The number of hydrogen-bond acceptors (Lipinski definition) is 3. The van der Waals surface area contributed by atoms with E-state index in [0.717, 1.165) is 3.57 Å². The summed E-state index contributed by atoms with van der Waals surface area (Å²) in [6.45, 7) is 1.48. The maximum Gasteiger partial charge on any atom is 0.164 e. The maximum atomic E-state index is 11.3. The Hall–Kier alpha value is -1.09. The van der Waals surface area contributed by atoms with Crippen molar-refractivity contribution in [2.75, 3.05) is 7.11 Å². The first-order chi connectivity index (χ1) is 6.60. The Bertz CT molecular complexity index is 421. The lowest BCUT2D eigenvalue weighted by Crippen LogP contribution is -2.01. The number of methoxy groups -OCH3 is 1. The number of nitrogens with zero attached hydrogens (tertiary/aromatic N) is 1. The summed E-state index contributed by atoms with van der Waals surface area (Å²) in [5, 5.41) is 8.72. The van der Waals surface area contributed by atoms with Crippen molar-refractivity contribution in [3.63, 3.8) is 0 Å². The molecule has 0 bridgehead atoms. The fourth-order valence-electron chi connectivity index (χ4n) is 1.15. The first-order valence-corrected chi connectivity index (χ1v) is 4.96. The van der Waals surface area contributed by atoms with Gasteiger partial charge in [-0.05, 0) is 41.6 Å². The molecule has 0 saturated heterocycles. The third-order valence-electron chi connectivity index (χ3n) is 1.76. The predicted molar refractivity (Wildman–Crippen MR) is 60.4 cm³/mol. The van der Waals surface area contributed by atoms with Gasteiger partial charge in [-0.1, -0.05) is 0 Å². The smallest absolute Gasteiger partial charge is 0.164 e. The average Bonchev–Trinajstić information content (AvgIpc) is 2.15. The van der Waals surface area contributed by atoms with Crippen molar-refractivity contribution < 1.29 is 9.53 Å². The molecule has 1 aromatic rings. The lowest BCUT2D eigenvalue weighted by Gasteiger charge is -2.07. The summed E-state index contributed by atoms with van der Waals surface area (Å²) >= 11 is 2.02. The van der Waals surface area contributed by atoms with Crippen LogP contribution in [-0.4, -0.2) is 12.9 Å². The van der Waals surface area contributed by atoms with Gasteiger partial charge in [0.2, 0.25) is 0 Å². The van der Waals surface area contributed by atoms with Gasteiger partial charge in [0.25, 0.3) is 0 Å². The second kappa shape index (κ2) is 4.42. The molecule has 0 amide bonds. The minimum absolute atomic E-state index is 0.0595. The number of ketones is 1. The van der Waals surface area contributed by atoms with Crippen molar-refractivity contribution >= 4 is 28.4 Å². The molecule has 0 atom stereocenters. The van der Waals surface area contributed by atoms with Crippen LogP contribution in [0.2, 0.25) is 0 Å². The van der Waals surface area contributed by atoms with Crippen LogP contribution in [0.3, 0.4) is 0 Å². The number of nitriles is 1. The molecule has 0 aliphatic carbocycles. The van der Waals surface area contributed by atoms with Gasteiger partial charge in [-0.2, -0.15) is 5.26 Å². The Kier molecular flexibility index (Phi) is 3.47. The van der Waals surface area contributed by atoms with Gasteiger partial charge >= 0.3 is 0 Å². The SMILES string of the molecule is COc1cc(C#N)cc(I)c1C(C)=O. The van der Waals surface area contributed by atoms with Gasteiger partial charge in [-0.25, -0.2) is 0 Å². The highest BCUT2D eigenvalue weighted by molar-refractivity contribution is 14.1. The predicted octanol–water partition coefficient (Wildman–Crippen LogP) is 2.37. The van der Waals surface area contributed by atoms with Crippen LogP contribution in [-0.2, 0) is 0 Å². The molecule has 0 unspecified atom stereocenters. The van der Waals surface area contributed by atoms with Gasteiger partial charge in [0.05, 0.1) is 24.3 Å². The summed E-state index contributed by atoms with van der Waals surface area (Å²) in [7, 11) is 1.49. The Morgan fingerprint density at radius 1 is 1.57 bits per heavy atom. The molecule has 1 aromatic carbocycles. The molecule has 3 nitrogen and oxygen atoms in total. The fourth-order valence-corrected chi connectivity index (χ4v) is 2.13. The highest BCUT2D eigenvalue weighted by Crippen LogP contribution is 2.26. The third kappa shape index (κ3) is 2.04. The van der Waals surface area contributed by atoms with E-state index in [9.17, 15) is 4.79 Å². The van der Waals surface area contributed by atoms with E-state index in [1.807, 2.05) is 28.7 Å². The molecule has 0 radical (unpaired) electrons. The molecule has 0 saturated carbocycles. The van der Waals surface area contributed by atoms with E-state index >= 15 is 0 Å². The summed E-state index contributed by atoms with van der Waals surface area (Å²) in [6, 6.07) is 5.25. The van der Waals surface area contributed by atoms with Crippen molar-refractivity contribution in [3.05, 3.63) is 26.8 Å². The summed E-state index contributed by atoms with van der Waals surface area (Å²) in [5.41, 5.74) is 1.03. The molecule has 0 aliphatic heterocycles. The molecule has 0 heterocycles. The molecule has 1 rings (SSSR count). The molecule has 14 heavy (non-hydrogen) atoms. The quantitative estimate of drug-likeness (QED) is 0.622. The largest absolute Gasteiger partial charge is 0.496 e. The topological polar surface area (TPSA) is 50.1 Å². The van der Waals surface area contributed by atoms with Crippen molar-refractivity contribution in [2.45, 2.75) is 6.92 Å². The molecule has 0 N–H and O–H groups in total. The number of hydrogen-bond donors (Lipinski definition) is 0. The Morgan fingerprint density at radius 2 is 2.21 bits per heavy atom. The second-order valence-electron chi connectivity index (χ2n) is 2.70. The van der Waals surface area contributed by atoms with Crippen molar-refractivity contribution in [3.8, 4) is 11.8 Å². The molecule has 0 aliphatic rings. The van der Waals surface area contributed by atoms with Crippen LogP contribution < -0.4 is 4.74 Å². The van der Waals surface area contributed by atoms with Crippen LogP contribution in [0.15, 0.2) is 12.1 Å². The van der Waals surface area contributed by atoms with Gasteiger partial charge in [0.1, 0.15) is 5.75 Å². The Labute approximate surface area is 95.8 Å². The van der Waals surface area contributed by atoms with Crippen molar-refractivity contribution in [2.24, 2.45) is 0 Å². The molecule has 0 fully saturated rings. The lowest BCUT2D eigenvalue weighted by atomic mass is 10.1. The molecule has 0 aromatic heterocycles. The standard InChI is InChI=1S/C10H8INO2/c1-6(13)10-8(11)3-7(5-12)4-9(10)14-2/h3-4H,1-2H3. The van der Waals surface area contributed by atoms with Crippen molar-refractivity contribution in [1.82, 2.24) is 0 Å². The number of carbonyl (C=O) groups excluding carboxylic acids is 1. The molecule has 72 valence electrons. The van der Waals surface area contributed by atoms with E-state index in [2.05, 4.69) is 0 Å². The zero-order valence-electron chi connectivity index (χ0n) is 7.80. The highest BCUT2D eigenvalue weighted by Gasteiger charge is 2.13. The van der Waals surface area contributed by atoms with E-state index in [-0.39, 0.29) is 5.78 Å². The van der Waals surface area contributed by atoms with E-state index in [1.54, 1.807) is 12.1 Å². The van der Waals surface area contributed by atoms with E-state index < -0.39 is 0 Å². The average molecular weight is 301 g/mol. The summed E-state index contributed by atoms with van der Waals surface area (Å²) < 4.78 is 5.79. The van der Waals surface area contributed by atoms with Crippen LogP contribution in [0.25, 0.3) is 0 Å². The fraction of sp³-hybridized carbons (Fsp3) is 0.200. The Morgan fingerprint density at radius 3 is 2.64 bits per heavy atom. The van der Waals surface area contributed by atoms with Gasteiger partial charge in [-0.15, -0.1) is 0 Å². The summed E-state index contributed by atoms with van der Waals surface area (Å²) in [4.78, 5) is 11.3. The second-order valence-corrected chi connectivity index (χ2v) is 3.87. The van der Waals surface area contributed by atoms with Crippen LogP contribution >= 0.6 is 22.6 Å². The molecular weight excluding hydrogens is 293 g/mol. The van der Waals surface area contributed by atoms with E-state index in [1.165, 1.54) is 14.0 Å². The zero-order valence-corrected chi connectivity index (χ0v) is 9.95. The lowest BCUT2D eigenvalue weighted by molar-refractivity contribution is 0.101. The zero-order chi connectivity index (χ0) is 10.7.